The molecule has 0 aromatic heterocycles. The number of methoxy groups -OCH3 is 2. The van der Waals surface area contributed by atoms with Crippen molar-refractivity contribution in [1.29, 1.82) is 0 Å². The van der Waals surface area contributed by atoms with Crippen LogP contribution in [0.15, 0.2) is 18.2 Å². The Hall–Kier alpha value is -1.91. The summed E-state index contributed by atoms with van der Waals surface area (Å²) in [5, 5.41) is 3.25. The second kappa shape index (κ2) is 7.32. The first-order valence-corrected chi connectivity index (χ1v) is 8.93. The van der Waals surface area contributed by atoms with Crippen LogP contribution < -0.4 is 14.8 Å². The van der Waals surface area contributed by atoms with E-state index in [1.807, 2.05) is 23.1 Å². The molecule has 1 saturated carbocycles. The van der Waals surface area contributed by atoms with Gasteiger partial charge in [-0.25, -0.2) is 4.79 Å². The highest BCUT2D eigenvalue weighted by molar-refractivity contribution is 5.75. The van der Waals surface area contributed by atoms with E-state index in [-0.39, 0.29) is 12.1 Å². The van der Waals surface area contributed by atoms with Crippen LogP contribution >= 0.6 is 0 Å². The molecule has 2 aliphatic rings. The number of carbonyl (C=O) groups is 1. The molecule has 1 aliphatic carbocycles. The number of carbonyl (C=O) groups excluding carboxylic acids is 1. The maximum Gasteiger partial charge on any atom is 0.318 e. The molecule has 5 nitrogen and oxygen atoms in total. The Labute approximate surface area is 144 Å². The van der Waals surface area contributed by atoms with Crippen LogP contribution in [0.2, 0.25) is 0 Å². The number of benzene rings is 1. The molecule has 2 amide bonds. The van der Waals surface area contributed by atoms with E-state index in [2.05, 4.69) is 12.2 Å². The van der Waals surface area contributed by atoms with Gasteiger partial charge in [0.2, 0.25) is 0 Å². The van der Waals surface area contributed by atoms with Crippen LogP contribution in [-0.4, -0.2) is 37.7 Å². The molecule has 3 atom stereocenters. The highest BCUT2D eigenvalue weighted by atomic mass is 16.5. The first-order valence-electron chi connectivity index (χ1n) is 8.93. The Bertz CT molecular complexity index is 590. The van der Waals surface area contributed by atoms with Gasteiger partial charge in [0.05, 0.1) is 20.3 Å². The fourth-order valence-corrected chi connectivity index (χ4v) is 4.03. The fraction of sp³-hybridized carbons (Fsp3) is 0.632. The molecule has 2 fully saturated rings. The van der Waals surface area contributed by atoms with Crippen LogP contribution in [0, 0.1) is 5.92 Å². The van der Waals surface area contributed by atoms with E-state index in [1.165, 1.54) is 12.8 Å². The highest BCUT2D eigenvalue weighted by Gasteiger charge is 2.34. The van der Waals surface area contributed by atoms with Gasteiger partial charge in [0.1, 0.15) is 11.5 Å². The third-order valence-corrected chi connectivity index (χ3v) is 5.48. The molecule has 5 heteroatoms. The standard InChI is InChI=1S/C19H28N2O3/c1-13-6-4-7-16(13)20-19(22)21-11-5-8-17(21)15-12-14(23-2)9-10-18(15)24-3/h9-10,12-13,16-17H,4-8,11H2,1-3H3,(H,20,22). The molecule has 1 aromatic rings. The van der Waals surface area contributed by atoms with E-state index < -0.39 is 0 Å². The molecule has 3 unspecified atom stereocenters. The van der Waals surface area contributed by atoms with Gasteiger partial charge in [-0.2, -0.15) is 0 Å². The maximum atomic E-state index is 12.8. The van der Waals surface area contributed by atoms with E-state index >= 15 is 0 Å². The second-order valence-corrected chi connectivity index (χ2v) is 6.92. The number of amides is 2. The normalized spacial score (nSPS) is 26.5. The summed E-state index contributed by atoms with van der Waals surface area (Å²) in [6, 6.07) is 6.22. The number of likely N-dealkylation sites (tertiary alicyclic amines) is 1. The minimum absolute atomic E-state index is 0.0479. The zero-order valence-corrected chi connectivity index (χ0v) is 14.9. The number of hydrogen-bond acceptors (Lipinski definition) is 3. The molecule has 1 aliphatic heterocycles. The predicted molar refractivity (Wildman–Crippen MR) is 93.6 cm³/mol. The molecule has 1 heterocycles. The lowest BCUT2D eigenvalue weighted by atomic mass is 10.0. The molecule has 24 heavy (non-hydrogen) atoms. The fourth-order valence-electron chi connectivity index (χ4n) is 4.03. The molecule has 132 valence electrons. The topological polar surface area (TPSA) is 50.8 Å². The average molecular weight is 332 g/mol. The van der Waals surface area contributed by atoms with Gasteiger partial charge >= 0.3 is 6.03 Å². The van der Waals surface area contributed by atoms with Gasteiger partial charge in [0, 0.05) is 18.2 Å². The molecular weight excluding hydrogens is 304 g/mol. The van der Waals surface area contributed by atoms with Crippen LogP contribution in [0.25, 0.3) is 0 Å². The minimum Gasteiger partial charge on any atom is -0.497 e. The van der Waals surface area contributed by atoms with Gasteiger partial charge in [-0.3, -0.25) is 0 Å². The average Bonchev–Trinajstić information content (AvgIpc) is 3.23. The maximum absolute atomic E-state index is 12.8. The van der Waals surface area contributed by atoms with Gasteiger partial charge in [0.25, 0.3) is 0 Å². The van der Waals surface area contributed by atoms with E-state index in [4.69, 9.17) is 9.47 Å². The SMILES string of the molecule is COc1ccc(OC)c(C2CCCN2C(=O)NC2CCCC2C)c1. The lowest BCUT2D eigenvalue weighted by Crippen LogP contribution is -2.45. The molecule has 1 saturated heterocycles. The number of ether oxygens (including phenoxy) is 2. The van der Waals surface area contributed by atoms with Crippen molar-refractivity contribution in [1.82, 2.24) is 10.2 Å². The Morgan fingerprint density at radius 3 is 2.67 bits per heavy atom. The molecule has 0 radical (unpaired) electrons. The monoisotopic (exact) mass is 332 g/mol. The van der Waals surface area contributed by atoms with Gasteiger partial charge in [0.15, 0.2) is 0 Å². The van der Waals surface area contributed by atoms with Crippen molar-refractivity contribution in [2.45, 2.75) is 51.1 Å². The number of nitrogens with one attached hydrogen (secondary N) is 1. The smallest absolute Gasteiger partial charge is 0.318 e. The van der Waals surface area contributed by atoms with Crippen molar-refractivity contribution in [3.05, 3.63) is 23.8 Å². The Balaban J connectivity index is 1.78. The largest absolute Gasteiger partial charge is 0.497 e. The minimum atomic E-state index is 0.0479. The quantitative estimate of drug-likeness (QED) is 0.914. The number of hydrogen-bond donors (Lipinski definition) is 1. The first-order chi connectivity index (χ1) is 11.6. The first kappa shape index (κ1) is 16.9. The van der Waals surface area contributed by atoms with Crippen molar-refractivity contribution in [3.63, 3.8) is 0 Å². The van der Waals surface area contributed by atoms with Crippen LogP contribution in [0.5, 0.6) is 11.5 Å². The summed E-state index contributed by atoms with van der Waals surface area (Å²) in [7, 11) is 3.33. The van der Waals surface area contributed by atoms with Crippen molar-refractivity contribution >= 4 is 6.03 Å². The summed E-state index contributed by atoms with van der Waals surface area (Å²) in [4.78, 5) is 14.8. The van der Waals surface area contributed by atoms with E-state index in [0.717, 1.165) is 42.9 Å². The number of urea groups is 1. The Morgan fingerprint density at radius 2 is 2.00 bits per heavy atom. The Morgan fingerprint density at radius 1 is 1.17 bits per heavy atom. The van der Waals surface area contributed by atoms with Gasteiger partial charge in [-0.05, 0) is 49.8 Å². The summed E-state index contributed by atoms with van der Waals surface area (Å²) in [5.41, 5.74) is 1.03. The number of nitrogens with zero attached hydrogens (tertiary/aromatic N) is 1. The Kier molecular flexibility index (Phi) is 5.17. The van der Waals surface area contributed by atoms with Gasteiger partial charge in [-0.15, -0.1) is 0 Å². The zero-order chi connectivity index (χ0) is 17.1. The van der Waals surface area contributed by atoms with Crippen LogP contribution in [0.4, 0.5) is 4.79 Å². The van der Waals surface area contributed by atoms with Crippen molar-refractivity contribution < 1.29 is 14.3 Å². The summed E-state index contributed by atoms with van der Waals surface area (Å²) in [6.45, 7) is 3.02. The van der Waals surface area contributed by atoms with Crippen LogP contribution in [-0.2, 0) is 0 Å². The zero-order valence-electron chi connectivity index (χ0n) is 14.9. The molecule has 0 bridgehead atoms. The molecule has 0 spiro atoms. The lowest BCUT2D eigenvalue weighted by molar-refractivity contribution is 0.185. The van der Waals surface area contributed by atoms with E-state index in [1.54, 1.807) is 14.2 Å². The third kappa shape index (κ3) is 3.30. The van der Waals surface area contributed by atoms with Crippen molar-refractivity contribution in [3.8, 4) is 11.5 Å². The molecule has 1 N–H and O–H groups in total. The van der Waals surface area contributed by atoms with Gasteiger partial charge in [-0.1, -0.05) is 13.3 Å². The lowest BCUT2D eigenvalue weighted by Gasteiger charge is -2.29. The predicted octanol–water partition coefficient (Wildman–Crippen LogP) is 3.74. The molecular formula is C19H28N2O3. The van der Waals surface area contributed by atoms with E-state index in [0.29, 0.717) is 12.0 Å². The van der Waals surface area contributed by atoms with Gasteiger partial charge < -0.3 is 19.7 Å². The summed E-state index contributed by atoms with van der Waals surface area (Å²) in [5.74, 6) is 2.18. The van der Waals surface area contributed by atoms with E-state index in [9.17, 15) is 4.79 Å². The third-order valence-electron chi connectivity index (χ3n) is 5.48. The van der Waals surface area contributed by atoms with Crippen molar-refractivity contribution in [2.75, 3.05) is 20.8 Å². The highest BCUT2D eigenvalue weighted by Crippen LogP contribution is 2.39. The molecule has 3 rings (SSSR count). The molecule has 1 aromatic carbocycles. The van der Waals surface area contributed by atoms with Crippen LogP contribution in [0.3, 0.4) is 0 Å². The number of rotatable bonds is 4. The van der Waals surface area contributed by atoms with Crippen molar-refractivity contribution in [2.24, 2.45) is 5.92 Å². The summed E-state index contributed by atoms with van der Waals surface area (Å²) >= 11 is 0. The van der Waals surface area contributed by atoms with Crippen LogP contribution in [0.1, 0.15) is 50.6 Å². The second-order valence-electron chi connectivity index (χ2n) is 6.92. The summed E-state index contributed by atoms with van der Waals surface area (Å²) in [6.07, 6.45) is 5.47. The summed E-state index contributed by atoms with van der Waals surface area (Å²) < 4.78 is 10.9.